The van der Waals surface area contributed by atoms with E-state index in [1.54, 1.807) is 43.7 Å². The number of rotatable bonds is 5. The Morgan fingerprint density at radius 1 is 1.21 bits per heavy atom. The van der Waals surface area contributed by atoms with Gasteiger partial charge in [0.1, 0.15) is 23.4 Å². The van der Waals surface area contributed by atoms with E-state index in [9.17, 15) is 14.3 Å². The van der Waals surface area contributed by atoms with Crippen LogP contribution in [-0.2, 0) is 14.9 Å². The largest absolute Gasteiger partial charge is 0.458 e. The van der Waals surface area contributed by atoms with Gasteiger partial charge in [0.15, 0.2) is 0 Å². The van der Waals surface area contributed by atoms with E-state index < -0.39 is 18.2 Å². The molecule has 1 aromatic carbocycles. The Kier molecular flexibility index (Phi) is 6.47. The number of hydrogen-bond donors (Lipinski definition) is 2. The van der Waals surface area contributed by atoms with E-state index in [0.717, 1.165) is 11.4 Å². The molecule has 0 saturated carbocycles. The number of nitrogens with zero attached hydrogens (tertiary/aromatic N) is 4. The molecule has 34 heavy (non-hydrogen) atoms. The van der Waals surface area contributed by atoms with E-state index in [-0.39, 0.29) is 17.7 Å². The number of benzene rings is 1. The van der Waals surface area contributed by atoms with Gasteiger partial charge in [-0.1, -0.05) is 20.8 Å². The second-order valence-electron chi connectivity index (χ2n) is 9.24. The van der Waals surface area contributed by atoms with Gasteiger partial charge < -0.3 is 19.7 Å². The first-order chi connectivity index (χ1) is 16.2. The van der Waals surface area contributed by atoms with Crippen molar-refractivity contribution in [2.45, 2.75) is 51.2 Å². The van der Waals surface area contributed by atoms with Gasteiger partial charge >= 0.3 is 5.97 Å². The Hall–Kier alpha value is -3.59. The van der Waals surface area contributed by atoms with Crippen LogP contribution in [0.5, 0.6) is 0 Å². The fraction of sp³-hybridized carbons (Fsp3) is 0.360. The van der Waals surface area contributed by atoms with Crippen molar-refractivity contribution >= 4 is 18.1 Å². The number of hydrogen-bond acceptors (Lipinski definition) is 7. The van der Waals surface area contributed by atoms with Gasteiger partial charge in [-0.15, -0.1) is 0 Å². The number of aliphatic hydroxyl groups excluding tert-OH is 1. The molecule has 0 radical (unpaired) electrons. The highest BCUT2D eigenvalue weighted by Crippen LogP contribution is 2.36. The summed E-state index contributed by atoms with van der Waals surface area (Å²) in [6.45, 7) is 6.13. The number of esters is 1. The maximum Gasteiger partial charge on any atom is 0.309 e. The molecule has 3 aromatic rings. The van der Waals surface area contributed by atoms with Crippen LogP contribution in [0.3, 0.4) is 0 Å². The number of carbonyl (C=O) groups excluding carboxylic acids is 1. The Morgan fingerprint density at radius 2 is 1.94 bits per heavy atom. The molecule has 2 atom stereocenters. The van der Waals surface area contributed by atoms with Crippen molar-refractivity contribution in [3.63, 3.8) is 0 Å². The van der Waals surface area contributed by atoms with Crippen molar-refractivity contribution < 1.29 is 19.0 Å². The summed E-state index contributed by atoms with van der Waals surface area (Å²) in [6.07, 6.45) is 4.20. The number of anilines is 1. The SMILES string of the molecule is CNc1nccc(-c2nc(C(C)(C)C)n(/C=C/C3CC(O)CC(=O)O3)c2-c2ccc(F)cc2)n1. The number of imidazole rings is 1. The second kappa shape index (κ2) is 9.34. The predicted octanol–water partition coefficient (Wildman–Crippen LogP) is 4.02. The number of cyclic esters (lactones) is 1. The van der Waals surface area contributed by atoms with Gasteiger partial charge in [-0.25, -0.2) is 19.3 Å². The van der Waals surface area contributed by atoms with E-state index in [4.69, 9.17) is 9.72 Å². The Bertz CT molecular complexity index is 1210. The van der Waals surface area contributed by atoms with Crippen molar-refractivity contribution in [1.29, 1.82) is 0 Å². The summed E-state index contributed by atoms with van der Waals surface area (Å²) >= 11 is 0. The van der Waals surface area contributed by atoms with Crippen LogP contribution < -0.4 is 5.32 Å². The molecule has 3 heterocycles. The molecule has 1 aliphatic rings. The molecule has 0 aliphatic carbocycles. The highest BCUT2D eigenvalue weighted by molar-refractivity contribution is 5.79. The van der Waals surface area contributed by atoms with Gasteiger partial charge in [0.2, 0.25) is 5.95 Å². The molecule has 2 N–H and O–H groups in total. The fourth-order valence-electron chi connectivity index (χ4n) is 3.89. The lowest BCUT2D eigenvalue weighted by Crippen LogP contribution is -2.31. The first-order valence-electron chi connectivity index (χ1n) is 11.1. The standard InChI is InChI=1S/C25H28FN5O3/c1-25(2,3)23-30-21(19-9-11-28-24(27-4)29-19)22(15-5-7-16(26)8-6-15)31(23)12-10-18-13-17(32)14-20(33)34-18/h5-12,17-18,32H,13-14H2,1-4H3,(H,27,28,29)/b12-10+. The maximum absolute atomic E-state index is 13.7. The Labute approximate surface area is 197 Å². The number of halogens is 1. The van der Waals surface area contributed by atoms with Gasteiger partial charge in [-0.05, 0) is 36.4 Å². The first-order valence-corrected chi connectivity index (χ1v) is 11.1. The maximum atomic E-state index is 13.7. The van der Waals surface area contributed by atoms with Crippen LogP contribution in [0.2, 0.25) is 0 Å². The molecule has 1 aliphatic heterocycles. The van der Waals surface area contributed by atoms with Gasteiger partial charge in [-0.2, -0.15) is 0 Å². The summed E-state index contributed by atoms with van der Waals surface area (Å²) in [5.74, 6) is 0.416. The lowest BCUT2D eigenvalue weighted by molar-refractivity contribution is -0.156. The predicted molar refractivity (Wildman–Crippen MR) is 127 cm³/mol. The van der Waals surface area contributed by atoms with Crippen LogP contribution in [-0.4, -0.2) is 49.9 Å². The normalized spacial score (nSPS) is 18.8. The minimum absolute atomic E-state index is 0.00482. The van der Waals surface area contributed by atoms with Gasteiger partial charge in [0, 0.05) is 36.8 Å². The molecule has 0 spiro atoms. The molecule has 9 heteroatoms. The number of carbonyl (C=O) groups is 1. The first kappa shape index (κ1) is 23.6. The second-order valence-corrected chi connectivity index (χ2v) is 9.24. The van der Waals surface area contributed by atoms with Gasteiger partial charge in [0.25, 0.3) is 0 Å². The Morgan fingerprint density at radius 3 is 2.59 bits per heavy atom. The zero-order valence-electron chi connectivity index (χ0n) is 19.6. The van der Waals surface area contributed by atoms with Crippen molar-refractivity contribution in [3.05, 3.63) is 54.2 Å². The van der Waals surface area contributed by atoms with Crippen LogP contribution in [0.1, 0.15) is 39.4 Å². The topological polar surface area (TPSA) is 102 Å². The molecule has 8 nitrogen and oxygen atoms in total. The summed E-state index contributed by atoms with van der Waals surface area (Å²) in [4.78, 5) is 25.5. The average Bonchev–Trinajstić information content (AvgIpc) is 3.18. The van der Waals surface area contributed by atoms with Crippen LogP contribution >= 0.6 is 0 Å². The van der Waals surface area contributed by atoms with Gasteiger partial charge in [-0.3, -0.25) is 4.79 Å². The zero-order chi connectivity index (χ0) is 24.5. The quantitative estimate of drug-likeness (QED) is 0.549. The number of aromatic nitrogens is 4. The molecule has 0 amide bonds. The summed E-state index contributed by atoms with van der Waals surface area (Å²) in [5, 5.41) is 12.9. The Balaban J connectivity index is 1.92. The average molecular weight is 466 g/mol. The molecule has 2 aromatic heterocycles. The van der Waals surface area contributed by atoms with Crippen LogP contribution in [0.4, 0.5) is 10.3 Å². The van der Waals surface area contributed by atoms with Crippen LogP contribution in [0.25, 0.3) is 28.8 Å². The minimum atomic E-state index is -0.742. The van der Waals surface area contributed by atoms with Gasteiger partial charge in [0.05, 0.1) is 23.9 Å². The van der Waals surface area contributed by atoms with E-state index in [1.807, 2.05) is 25.3 Å². The molecular formula is C25H28FN5O3. The monoisotopic (exact) mass is 465 g/mol. The molecule has 4 rings (SSSR count). The number of nitrogens with one attached hydrogen (secondary N) is 1. The van der Waals surface area contributed by atoms with Crippen molar-refractivity contribution in [2.24, 2.45) is 0 Å². The molecule has 1 fully saturated rings. The van der Waals surface area contributed by atoms with E-state index in [0.29, 0.717) is 29.5 Å². The summed E-state index contributed by atoms with van der Waals surface area (Å²) < 4.78 is 21.1. The molecule has 178 valence electrons. The number of aliphatic hydroxyl groups is 1. The molecule has 0 bridgehead atoms. The van der Waals surface area contributed by atoms with E-state index in [2.05, 4.69) is 15.3 Å². The third kappa shape index (κ3) is 4.99. The van der Waals surface area contributed by atoms with Crippen LogP contribution in [0.15, 0.2) is 42.6 Å². The third-order valence-electron chi connectivity index (χ3n) is 5.46. The van der Waals surface area contributed by atoms with E-state index >= 15 is 0 Å². The lowest BCUT2D eigenvalue weighted by Gasteiger charge is -2.24. The number of ether oxygens (including phenoxy) is 1. The lowest BCUT2D eigenvalue weighted by atomic mass is 9.95. The van der Waals surface area contributed by atoms with Crippen molar-refractivity contribution in [2.75, 3.05) is 12.4 Å². The minimum Gasteiger partial charge on any atom is -0.458 e. The zero-order valence-corrected chi connectivity index (χ0v) is 19.6. The van der Waals surface area contributed by atoms with Crippen molar-refractivity contribution in [3.8, 4) is 22.6 Å². The summed E-state index contributed by atoms with van der Waals surface area (Å²) in [5.41, 5.74) is 2.31. The molecule has 2 unspecified atom stereocenters. The molecule has 1 saturated heterocycles. The highest BCUT2D eigenvalue weighted by atomic mass is 19.1. The van der Waals surface area contributed by atoms with E-state index in [1.165, 1.54) is 12.1 Å². The molecular weight excluding hydrogens is 437 g/mol. The summed E-state index contributed by atoms with van der Waals surface area (Å²) in [6, 6.07) is 7.95. The van der Waals surface area contributed by atoms with Crippen molar-refractivity contribution in [1.82, 2.24) is 19.5 Å². The fourth-order valence-corrected chi connectivity index (χ4v) is 3.89. The summed E-state index contributed by atoms with van der Waals surface area (Å²) in [7, 11) is 1.74. The smallest absolute Gasteiger partial charge is 0.309 e. The van der Waals surface area contributed by atoms with Crippen LogP contribution in [0, 0.1) is 5.82 Å². The third-order valence-corrected chi connectivity index (χ3v) is 5.46. The highest BCUT2D eigenvalue weighted by Gasteiger charge is 2.29.